The first-order valence-electron chi connectivity index (χ1n) is 5.70. The number of carbonyl (C=O) groups is 1. The van der Waals surface area contributed by atoms with E-state index in [0.717, 1.165) is 13.0 Å². The molecule has 0 radical (unpaired) electrons. The number of nitrogens with zero attached hydrogens (tertiary/aromatic N) is 1. The molecule has 1 aromatic carbocycles. The van der Waals surface area contributed by atoms with Crippen molar-refractivity contribution in [2.75, 3.05) is 25.1 Å². The molecular formula is C14H19NO2. The van der Waals surface area contributed by atoms with Crippen molar-refractivity contribution in [2.45, 2.75) is 13.3 Å². The average Bonchev–Trinajstić information content (AvgIpc) is 2.35. The smallest absolute Gasteiger partial charge is 0.333 e. The minimum atomic E-state index is -0.313. The SMILES string of the molecule is C=C(C)C(=O)OCCCN(C)c1ccccc1. The fourth-order valence-corrected chi connectivity index (χ4v) is 1.40. The van der Waals surface area contributed by atoms with Crippen LogP contribution in [0.3, 0.4) is 0 Å². The molecule has 3 heteroatoms. The molecule has 0 aliphatic rings. The highest BCUT2D eigenvalue weighted by Gasteiger charge is 2.03. The van der Waals surface area contributed by atoms with Gasteiger partial charge >= 0.3 is 5.97 Å². The van der Waals surface area contributed by atoms with Crippen molar-refractivity contribution < 1.29 is 9.53 Å². The van der Waals surface area contributed by atoms with Crippen molar-refractivity contribution in [1.82, 2.24) is 0 Å². The van der Waals surface area contributed by atoms with Gasteiger partial charge in [-0.2, -0.15) is 0 Å². The molecule has 92 valence electrons. The van der Waals surface area contributed by atoms with E-state index in [0.29, 0.717) is 12.2 Å². The predicted molar refractivity (Wildman–Crippen MR) is 70.1 cm³/mol. The summed E-state index contributed by atoms with van der Waals surface area (Å²) < 4.78 is 5.02. The Morgan fingerprint density at radius 3 is 2.59 bits per heavy atom. The third-order valence-electron chi connectivity index (χ3n) is 2.42. The molecule has 1 rings (SSSR count). The maximum absolute atomic E-state index is 11.1. The van der Waals surface area contributed by atoms with E-state index in [4.69, 9.17) is 4.74 Å². The van der Waals surface area contributed by atoms with Crippen molar-refractivity contribution in [3.63, 3.8) is 0 Å². The second kappa shape index (κ2) is 6.74. The van der Waals surface area contributed by atoms with Gasteiger partial charge in [-0.05, 0) is 25.5 Å². The quantitative estimate of drug-likeness (QED) is 0.430. The van der Waals surface area contributed by atoms with Gasteiger partial charge in [-0.15, -0.1) is 0 Å². The second-order valence-corrected chi connectivity index (χ2v) is 4.03. The van der Waals surface area contributed by atoms with Crippen molar-refractivity contribution in [1.29, 1.82) is 0 Å². The Morgan fingerprint density at radius 1 is 1.35 bits per heavy atom. The first kappa shape index (κ1) is 13.3. The second-order valence-electron chi connectivity index (χ2n) is 4.03. The summed E-state index contributed by atoms with van der Waals surface area (Å²) in [5.41, 5.74) is 1.61. The highest BCUT2D eigenvalue weighted by molar-refractivity contribution is 5.86. The third kappa shape index (κ3) is 4.72. The first-order chi connectivity index (χ1) is 8.11. The first-order valence-corrected chi connectivity index (χ1v) is 5.70. The van der Waals surface area contributed by atoms with E-state index in [1.165, 1.54) is 5.69 Å². The summed E-state index contributed by atoms with van der Waals surface area (Å²) in [5.74, 6) is -0.313. The molecule has 0 unspecified atom stereocenters. The fourth-order valence-electron chi connectivity index (χ4n) is 1.40. The van der Waals surface area contributed by atoms with Crippen LogP contribution < -0.4 is 4.90 Å². The van der Waals surface area contributed by atoms with Crippen LogP contribution in [0, 0.1) is 0 Å². The maximum Gasteiger partial charge on any atom is 0.333 e. The third-order valence-corrected chi connectivity index (χ3v) is 2.42. The van der Waals surface area contributed by atoms with Crippen LogP contribution in [0.1, 0.15) is 13.3 Å². The molecule has 0 heterocycles. The van der Waals surface area contributed by atoms with Crippen LogP contribution in [0.4, 0.5) is 5.69 Å². The van der Waals surface area contributed by atoms with Gasteiger partial charge in [0.1, 0.15) is 0 Å². The molecule has 0 aliphatic carbocycles. The minimum absolute atomic E-state index is 0.313. The minimum Gasteiger partial charge on any atom is -0.462 e. The molecule has 0 spiro atoms. The van der Waals surface area contributed by atoms with E-state index >= 15 is 0 Å². The molecule has 0 saturated carbocycles. The van der Waals surface area contributed by atoms with Gasteiger partial charge < -0.3 is 9.64 Å². The van der Waals surface area contributed by atoms with Crippen LogP contribution in [0.25, 0.3) is 0 Å². The Hall–Kier alpha value is -1.77. The summed E-state index contributed by atoms with van der Waals surface area (Å²) in [4.78, 5) is 13.3. The van der Waals surface area contributed by atoms with E-state index in [1.54, 1.807) is 6.92 Å². The summed E-state index contributed by atoms with van der Waals surface area (Å²) in [6.45, 7) is 6.47. The van der Waals surface area contributed by atoms with E-state index in [1.807, 2.05) is 25.2 Å². The van der Waals surface area contributed by atoms with Gasteiger partial charge in [0.05, 0.1) is 6.61 Å². The summed E-state index contributed by atoms with van der Waals surface area (Å²) >= 11 is 0. The number of ether oxygens (including phenoxy) is 1. The molecule has 0 aromatic heterocycles. The van der Waals surface area contributed by atoms with E-state index in [-0.39, 0.29) is 5.97 Å². The number of esters is 1. The van der Waals surface area contributed by atoms with Gasteiger partial charge in [0.2, 0.25) is 0 Å². The van der Waals surface area contributed by atoms with Gasteiger partial charge in [0, 0.05) is 24.9 Å². The largest absolute Gasteiger partial charge is 0.462 e. The van der Waals surface area contributed by atoms with E-state index < -0.39 is 0 Å². The number of hydrogen-bond acceptors (Lipinski definition) is 3. The Morgan fingerprint density at radius 2 is 2.00 bits per heavy atom. The average molecular weight is 233 g/mol. The Kier molecular flexibility index (Phi) is 5.27. The topological polar surface area (TPSA) is 29.5 Å². The summed E-state index contributed by atoms with van der Waals surface area (Å²) in [5, 5.41) is 0. The predicted octanol–water partition coefficient (Wildman–Crippen LogP) is 2.63. The van der Waals surface area contributed by atoms with Crippen LogP contribution in [-0.2, 0) is 9.53 Å². The zero-order valence-electron chi connectivity index (χ0n) is 10.5. The standard InChI is InChI=1S/C14H19NO2/c1-12(2)14(16)17-11-7-10-15(3)13-8-5-4-6-9-13/h4-6,8-9H,1,7,10-11H2,2-3H3. The van der Waals surface area contributed by atoms with Crippen LogP contribution in [0.15, 0.2) is 42.5 Å². The van der Waals surface area contributed by atoms with Crippen molar-refractivity contribution >= 4 is 11.7 Å². The number of rotatable bonds is 6. The summed E-state index contributed by atoms with van der Waals surface area (Å²) in [6.07, 6.45) is 0.810. The zero-order chi connectivity index (χ0) is 12.7. The molecule has 0 aliphatic heterocycles. The van der Waals surface area contributed by atoms with Crippen LogP contribution in [-0.4, -0.2) is 26.2 Å². The van der Waals surface area contributed by atoms with E-state index in [9.17, 15) is 4.79 Å². The molecule has 17 heavy (non-hydrogen) atoms. The lowest BCUT2D eigenvalue weighted by Crippen LogP contribution is -2.20. The highest BCUT2D eigenvalue weighted by atomic mass is 16.5. The van der Waals surface area contributed by atoms with Crippen LogP contribution in [0.2, 0.25) is 0 Å². The van der Waals surface area contributed by atoms with Gasteiger partial charge in [-0.25, -0.2) is 4.79 Å². The molecule has 0 amide bonds. The molecule has 0 N–H and O–H groups in total. The molecule has 3 nitrogen and oxygen atoms in total. The number of benzene rings is 1. The lowest BCUT2D eigenvalue weighted by Gasteiger charge is -2.18. The van der Waals surface area contributed by atoms with Gasteiger partial charge in [0.15, 0.2) is 0 Å². The Balaban J connectivity index is 2.23. The summed E-state index contributed by atoms with van der Waals surface area (Å²) in [7, 11) is 2.02. The maximum atomic E-state index is 11.1. The van der Waals surface area contributed by atoms with Crippen molar-refractivity contribution in [2.24, 2.45) is 0 Å². The summed E-state index contributed by atoms with van der Waals surface area (Å²) in [6, 6.07) is 10.1. The fraction of sp³-hybridized carbons (Fsp3) is 0.357. The zero-order valence-corrected chi connectivity index (χ0v) is 10.5. The van der Waals surface area contributed by atoms with Gasteiger partial charge in [-0.3, -0.25) is 0 Å². The molecule has 0 atom stereocenters. The molecular weight excluding hydrogens is 214 g/mol. The number of carbonyl (C=O) groups excluding carboxylic acids is 1. The Bertz CT molecular complexity index is 373. The normalized spacial score (nSPS) is 9.76. The van der Waals surface area contributed by atoms with Gasteiger partial charge in [-0.1, -0.05) is 24.8 Å². The molecule has 0 fully saturated rings. The van der Waals surface area contributed by atoms with Crippen LogP contribution in [0.5, 0.6) is 0 Å². The Labute approximate surface area is 103 Å². The van der Waals surface area contributed by atoms with Crippen LogP contribution >= 0.6 is 0 Å². The molecule has 1 aromatic rings. The lowest BCUT2D eigenvalue weighted by molar-refractivity contribution is -0.138. The molecule has 0 bridgehead atoms. The monoisotopic (exact) mass is 233 g/mol. The van der Waals surface area contributed by atoms with Crippen molar-refractivity contribution in [3.8, 4) is 0 Å². The lowest BCUT2D eigenvalue weighted by atomic mass is 10.3. The van der Waals surface area contributed by atoms with Gasteiger partial charge in [0.25, 0.3) is 0 Å². The van der Waals surface area contributed by atoms with Crippen molar-refractivity contribution in [3.05, 3.63) is 42.5 Å². The number of hydrogen-bond donors (Lipinski definition) is 0. The number of para-hydroxylation sites is 1. The molecule has 0 saturated heterocycles. The van der Waals surface area contributed by atoms with E-state index in [2.05, 4.69) is 23.6 Å². The highest BCUT2D eigenvalue weighted by Crippen LogP contribution is 2.10. The number of anilines is 1.